The maximum Gasteiger partial charge on any atom is 0.0540 e. The maximum atomic E-state index is 2.44. The number of anilines is 6. The maximum absolute atomic E-state index is 2.44. The van der Waals surface area contributed by atoms with Crippen molar-refractivity contribution in [1.82, 2.24) is 0 Å². The molecule has 9 aromatic rings. The highest BCUT2D eigenvalue weighted by Gasteiger charge is 2.25. The second-order valence-corrected chi connectivity index (χ2v) is 14.9. The fourth-order valence-electron chi connectivity index (χ4n) is 7.88. The van der Waals surface area contributed by atoms with Crippen molar-refractivity contribution >= 4 is 56.2 Å². The third-order valence-electron chi connectivity index (χ3n) is 10.5. The highest BCUT2D eigenvalue weighted by molar-refractivity contribution is 7.18. The summed E-state index contributed by atoms with van der Waals surface area (Å²) in [7, 11) is 0. The molecule has 1 aromatic heterocycles. The van der Waals surface area contributed by atoms with Crippen LogP contribution in [0, 0.1) is 0 Å². The Morgan fingerprint density at radius 3 is 1.89 bits per heavy atom. The van der Waals surface area contributed by atoms with Crippen LogP contribution in [0.2, 0.25) is 0 Å². The predicted octanol–water partition coefficient (Wildman–Crippen LogP) is 14.7. The van der Waals surface area contributed by atoms with Crippen molar-refractivity contribution < 1.29 is 0 Å². The van der Waals surface area contributed by atoms with Crippen molar-refractivity contribution in [2.45, 2.75) is 6.42 Å². The highest BCUT2D eigenvalue weighted by atomic mass is 32.1. The molecule has 2 heterocycles. The molecule has 1 aliphatic heterocycles. The van der Waals surface area contributed by atoms with Crippen LogP contribution < -0.4 is 9.80 Å². The number of nitrogens with zero attached hydrogens (tertiary/aromatic N) is 2. The summed E-state index contributed by atoms with van der Waals surface area (Å²) in [6.07, 6.45) is 0.891. The second-order valence-electron chi connectivity index (χ2n) is 13.8. The van der Waals surface area contributed by atoms with Crippen molar-refractivity contribution in [2.24, 2.45) is 0 Å². The smallest absolute Gasteiger partial charge is 0.0540 e. The molecule has 3 heteroatoms. The van der Waals surface area contributed by atoms with Gasteiger partial charge in [0.15, 0.2) is 0 Å². The summed E-state index contributed by atoms with van der Waals surface area (Å²) < 4.78 is 0. The van der Waals surface area contributed by atoms with E-state index in [1.54, 1.807) is 0 Å². The van der Waals surface area contributed by atoms with Gasteiger partial charge < -0.3 is 9.80 Å². The van der Waals surface area contributed by atoms with Crippen LogP contribution in [-0.4, -0.2) is 0 Å². The Morgan fingerprint density at radius 1 is 0.407 bits per heavy atom. The number of thiophene rings is 1. The molecule has 10 rings (SSSR count). The molecule has 256 valence electrons. The van der Waals surface area contributed by atoms with Crippen LogP contribution >= 0.6 is 11.3 Å². The van der Waals surface area contributed by atoms with Crippen molar-refractivity contribution in [3.05, 3.63) is 217 Å². The van der Waals surface area contributed by atoms with Gasteiger partial charge in [-0.15, -0.1) is 11.3 Å². The molecule has 2 nitrogen and oxygen atoms in total. The van der Waals surface area contributed by atoms with E-state index in [0.717, 1.165) is 17.8 Å². The molecule has 1 aliphatic rings. The second kappa shape index (κ2) is 13.7. The van der Waals surface area contributed by atoms with E-state index in [9.17, 15) is 0 Å². The third kappa shape index (κ3) is 5.85. The number of rotatable bonds is 7. The van der Waals surface area contributed by atoms with Crippen molar-refractivity contribution in [3.63, 3.8) is 0 Å². The molecule has 0 bridgehead atoms. The van der Waals surface area contributed by atoms with E-state index in [-0.39, 0.29) is 0 Å². The predicted molar refractivity (Wildman–Crippen MR) is 230 cm³/mol. The van der Waals surface area contributed by atoms with Gasteiger partial charge in [0.1, 0.15) is 0 Å². The zero-order valence-electron chi connectivity index (χ0n) is 29.6. The Balaban J connectivity index is 1.00. The fourth-order valence-corrected chi connectivity index (χ4v) is 8.88. The van der Waals surface area contributed by atoms with Gasteiger partial charge >= 0.3 is 0 Å². The summed E-state index contributed by atoms with van der Waals surface area (Å²) in [5, 5.41) is 2.46. The summed E-state index contributed by atoms with van der Waals surface area (Å²) in [4.78, 5) is 7.36. The van der Waals surface area contributed by atoms with Gasteiger partial charge in [-0.25, -0.2) is 0 Å². The molecule has 8 aromatic carbocycles. The summed E-state index contributed by atoms with van der Waals surface area (Å²) in [6.45, 7) is 0. The first-order valence-electron chi connectivity index (χ1n) is 18.5. The minimum Gasteiger partial charge on any atom is -0.310 e. The fraction of sp³-hybridized carbons (Fsp3) is 0.0196. The van der Waals surface area contributed by atoms with Gasteiger partial charge in [0.25, 0.3) is 0 Å². The molecular formula is C51H36N2S. The molecule has 0 unspecified atom stereocenters. The summed E-state index contributed by atoms with van der Waals surface area (Å²) >= 11 is 1.84. The SMILES string of the molecule is c1ccc(-c2ccc(-c3cccc(N4c5ccccc5Cc5cc(-c6ccc(N(c7ccccc7)c7cccc8ccccc78)cc6)ccc54)c3)s2)cc1. The van der Waals surface area contributed by atoms with Crippen LogP contribution in [0.1, 0.15) is 11.1 Å². The molecule has 0 amide bonds. The van der Waals surface area contributed by atoms with E-state index < -0.39 is 0 Å². The van der Waals surface area contributed by atoms with Crippen LogP contribution in [0.3, 0.4) is 0 Å². The summed E-state index contributed by atoms with van der Waals surface area (Å²) in [5.74, 6) is 0. The Morgan fingerprint density at radius 2 is 1.04 bits per heavy atom. The lowest BCUT2D eigenvalue weighted by atomic mass is 9.92. The molecule has 0 fully saturated rings. The minimum absolute atomic E-state index is 0.891. The quantitative estimate of drug-likeness (QED) is 0.163. The Labute approximate surface area is 320 Å². The average Bonchev–Trinajstić information content (AvgIpc) is 3.75. The van der Waals surface area contributed by atoms with Gasteiger partial charge in [0, 0.05) is 50.0 Å². The Bertz CT molecular complexity index is 2740. The lowest BCUT2D eigenvalue weighted by molar-refractivity contribution is 1.09. The summed E-state index contributed by atoms with van der Waals surface area (Å²) in [5.41, 5.74) is 14.6. The molecule has 0 radical (unpaired) electrons. The lowest BCUT2D eigenvalue weighted by Crippen LogP contribution is -2.18. The van der Waals surface area contributed by atoms with Crippen molar-refractivity contribution in [2.75, 3.05) is 9.80 Å². The van der Waals surface area contributed by atoms with E-state index in [0.29, 0.717) is 0 Å². The highest BCUT2D eigenvalue weighted by Crippen LogP contribution is 2.47. The lowest BCUT2D eigenvalue weighted by Gasteiger charge is -2.34. The first-order chi connectivity index (χ1) is 26.8. The zero-order valence-corrected chi connectivity index (χ0v) is 30.5. The molecule has 54 heavy (non-hydrogen) atoms. The minimum atomic E-state index is 0.891. The van der Waals surface area contributed by atoms with Gasteiger partial charge in [-0.3, -0.25) is 0 Å². The van der Waals surface area contributed by atoms with Gasteiger partial charge in [-0.2, -0.15) is 0 Å². The zero-order chi connectivity index (χ0) is 35.8. The van der Waals surface area contributed by atoms with Crippen LogP contribution in [0.25, 0.3) is 42.8 Å². The van der Waals surface area contributed by atoms with Gasteiger partial charge in [-0.1, -0.05) is 133 Å². The number of benzene rings is 8. The monoisotopic (exact) mass is 708 g/mol. The number of hydrogen-bond acceptors (Lipinski definition) is 3. The van der Waals surface area contributed by atoms with Crippen molar-refractivity contribution in [1.29, 1.82) is 0 Å². The summed E-state index contributed by atoms with van der Waals surface area (Å²) in [6, 6.07) is 74.8. The number of hydrogen-bond donors (Lipinski definition) is 0. The standard InChI is InChI=1S/C51H36N2S/c1-3-14-38(15-4-1)50-31-32-51(54-50)41-18-11-21-45(35-41)53-47-23-10-8-16-40(47)34-42-33-39(27-30-48(42)53)36-25-28-44(29-26-36)52(43-19-5-2-6-20-43)49-24-12-17-37-13-7-9-22-46(37)49/h1-33,35H,34H2. The van der Waals surface area contributed by atoms with E-state index in [1.807, 2.05) is 11.3 Å². The molecule has 0 saturated heterocycles. The molecule has 0 N–H and O–H groups in total. The third-order valence-corrected chi connectivity index (χ3v) is 11.7. The molecular weight excluding hydrogens is 673 g/mol. The normalized spacial score (nSPS) is 12.0. The Hall–Kier alpha value is -6.68. The molecule has 0 saturated carbocycles. The number of para-hydroxylation sites is 2. The average molecular weight is 709 g/mol. The van der Waals surface area contributed by atoms with E-state index >= 15 is 0 Å². The Kier molecular flexibility index (Phi) is 8.12. The van der Waals surface area contributed by atoms with Crippen molar-refractivity contribution in [3.8, 4) is 32.0 Å². The molecule has 0 spiro atoms. The number of fused-ring (bicyclic) bond motifs is 3. The molecule has 0 aliphatic carbocycles. The van der Waals surface area contributed by atoms with Gasteiger partial charge in [0.05, 0.1) is 5.69 Å². The first kappa shape index (κ1) is 32.0. The van der Waals surface area contributed by atoms with E-state index in [1.165, 1.54) is 76.7 Å². The van der Waals surface area contributed by atoms with Gasteiger partial charge in [-0.05, 0) is 112 Å². The van der Waals surface area contributed by atoms with Crippen LogP contribution in [0.15, 0.2) is 206 Å². The van der Waals surface area contributed by atoms with Crippen LogP contribution in [0.5, 0.6) is 0 Å². The van der Waals surface area contributed by atoms with Gasteiger partial charge in [0.2, 0.25) is 0 Å². The van der Waals surface area contributed by atoms with Crippen LogP contribution in [0.4, 0.5) is 34.1 Å². The van der Waals surface area contributed by atoms with E-state index in [2.05, 4.69) is 216 Å². The van der Waals surface area contributed by atoms with Crippen LogP contribution in [-0.2, 0) is 6.42 Å². The topological polar surface area (TPSA) is 6.48 Å². The van der Waals surface area contributed by atoms with E-state index in [4.69, 9.17) is 0 Å². The first-order valence-corrected chi connectivity index (χ1v) is 19.3. The molecule has 0 atom stereocenters. The largest absolute Gasteiger partial charge is 0.310 e.